The zero-order chi connectivity index (χ0) is 16.1. The Bertz CT molecular complexity index is 554. The summed E-state index contributed by atoms with van der Waals surface area (Å²) < 4.78 is 0. The molecule has 2 unspecified atom stereocenters. The SMILES string of the molecule is CN(CC(=O)Nc1cccc(Cl)c1)C(=O)C1CCCC(N)C1.Cl. The molecule has 0 aromatic heterocycles. The molecule has 0 heterocycles. The number of anilines is 1. The van der Waals surface area contributed by atoms with Gasteiger partial charge in [-0.15, -0.1) is 12.4 Å². The fourth-order valence-corrected chi connectivity index (χ4v) is 3.01. The van der Waals surface area contributed by atoms with E-state index in [1.165, 1.54) is 4.90 Å². The largest absolute Gasteiger partial charge is 0.336 e. The summed E-state index contributed by atoms with van der Waals surface area (Å²) in [5.74, 6) is -0.303. The first-order chi connectivity index (χ1) is 10.5. The molecule has 1 aliphatic rings. The van der Waals surface area contributed by atoms with Crippen LogP contribution in [0.1, 0.15) is 25.7 Å². The first-order valence-electron chi connectivity index (χ1n) is 7.51. The molecule has 1 saturated carbocycles. The van der Waals surface area contributed by atoms with Gasteiger partial charge >= 0.3 is 0 Å². The van der Waals surface area contributed by atoms with Crippen LogP contribution in [0.25, 0.3) is 0 Å². The van der Waals surface area contributed by atoms with E-state index >= 15 is 0 Å². The molecular formula is C16H23Cl2N3O2. The van der Waals surface area contributed by atoms with Gasteiger partial charge in [-0.05, 0) is 37.5 Å². The minimum Gasteiger partial charge on any atom is -0.336 e. The maximum absolute atomic E-state index is 12.4. The number of nitrogens with one attached hydrogen (secondary N) is 1. The quantitative estimate of drug-likeness (QED) is 0.867. The maximum atomic E-state index is 12.4. The van der Waals surface area contributed by atoms with Gasteiger partial charge in [0.1, 0.15) is 0 Å². The van der Waals surface area contributed by atoms with Crippen molar-refractivity contribution in [2.45, 2.75) is 31.7 Å². The van der Waals surface area contributed by atoms with E-state index < -0.39 is 0 Å². The van der Waals surface area contributed by atoms with Gasteiger partial charge in [-0.25, -0.2) is 0 Å². The Kier molecular flexibility index (Phi) is 7.82. The summed E-state index contributed by atoms with van der Waals surface area (Å²) in [5.41, 5.74) is 6.54. The third-order valence-electron chi connectivity index (χ3n) is 3.93. The number of nitrogens with zero attached hydrogens (tertiary/aromatic N) is 1. The third kappa shape index (κ3) is 6.01. The van der Waals surface area contributed by atoms with Crippen molar-refractivity contribution in [3.05, 3.63) is 29.3 Å². The second-order valence-corrected chi connectivity index (χ2v) is 6.31. The van der Waals surface area contributed by atoms with Crippen molar-refractivity contribution in [2.24, 2.45) is 11.7 Å². The molecule has 3 N–H and O–H groups in total. The minimum absolute atomic E-state index is 0. The van der Waals surface area contributed by atoms with Crippen LogP contribution in [0, 0.1) is 5.92 Å². The molecule has 1 fully saturated rings. The number of carbonyl (C=O) groups excluding carboxylic acids is 2. The molecule has 2 amide bonds. The van der Waals surface area contributed by atoms with Crippen LogP contribution < -0.4 is 11.1 Å². The molecular weight excluding hydrogens is 337 g/mol. The Labute approximate surface area is 148 Å². The Morgan fingerprint density at radius 3 is 2.78 bits per heavy atom. The number of nitrogens with two attached hydrogens (primary N) is 1. The molecule has 23 heavy (non-hydrogen) atoms. The predicted molar refractivity (Wildman–Crippen MR) is 94.9 cm³/mol. The minimum atomic E-state index is -0.238. The zero-order valence-corrected chi connectivity index (χ0v) is 14.7. The van der Waals surface area contributed by atoms with Gasteiger partial charge < -0.3 is 16.0 Å². The molecule has 0 aliphatic heterocycles. The summed E-state index contributed by atoms with van der Waals surface area (Å²) in [4.78, 5) is 25.8. The molecule has 0 bridgehead atoms. The number of rotatable bonds is 4. The van der Waals surface area contributed by atoms with Crippen LogP contribution in [0.4, 0.5) is 5.69 Å². The lowest BCUT2D eigenvalue weighted by molar-refractivity contribution is -0.138. The fraction of sp³-hybridized carbons (Fsp3) is 0.500. The molecule has 1 aliphatic carbocycles. The highest BCUT2D eigenvalue weighted by molar-refractivity contribution is 6.30. The second-order valence-electron chi connectivity index (χ2n) is 5.88. The number of carbonyl (C=O) groups is 2. The van der Waals surface area contributed by atoms with Crippen LogP contribution in [-0.4, -0.2) is 36.3 Å². The van der Waals surface area contributed by atoms with Crippen LogP contribution in [0.2, 0.25) is 5.02 Å². The van der Waals surface area contributed by atoms with Crippen molar-refractivity contribution < 1.29 is 9.59 Å². The van der Waals surface area contributed by atoms with Crippen LogP contribution in [-0.2, 0) is 9.59 Å². The highest BCUT2D eigenvalue weighted by Crippen LogP contribution is 2.24. The van der Waals surface area contributed by atoms with E-state index in [-0.39, 0.29) is 42.7 Å². The van der Waals surface area contributed by atoms with Crippen molar-refractivity contribution in [1.82, 2.24) is 4.90 Å². The average molecular weight is 360 g/mol. The summed E-state index contributed by atoms with van der Waals surface area (Å²) in [7, 11) is 1.65. The van der Waals surface area contributed by atoms with Gasteiger partial charge in [-0.3, -0.25) is 9.59 Å². The summed E-state index contributed by atoms with van der Waals surface area (Å²) in [6.45, 7) is 0.0249. The van der Waals surface area contributed by atoms with E-state index in [0.717, 1.165) is 19.3 Å². The highest BCUT2D eigenvalue weighted by atomic mass is 35.5. The molecule has 0 radical (unpaired) electrons. The van der Waals surface area contributed by atoms with Crippen molar-refractivity contribution in [2.75, 3.05) is 18.9 Å². The number of halogens is 2. The van der Waals surface area contributed by atoms with Crippen LogP contribution >= 0.6 is 24.0 Å². The van der Waals surface area contributed by atoms with Crippen molar-refractivity contribution in [3.63, 3.8) is 0 Å². The lowest BCUT2D eigenvalue weighted by atomic mass is 9.85. The van der Waals surface area contributed by atoms with E-state index in [1.807, 2.05) is 0 Å². The number of hydrogen-bond donors (Lipinski definition) is 2. The lowest BCUT2D eigenvalue weighted by Crippen LogP contribution is -2.41. The number of likely N-dealkylation sites (N-methyl/N-ethyl adjacent to an activating group) is 1. The van der Waals surface area contributed by atoms with Crippen molar-refractivity contribution in [3.8, 4) is 0 Å². The Morgan fingerprint density at radius 1 is 1.39 bits per heavy atom. The van der Waals surface area contributed by atoms with Gasteiger partial charge in [-0.1, -0.05) is 24.1 Å². The Morgan fingerprint density at radius 2 is 2.13 bits per heavy atom. The summed E-state index contributed by atoms with van der Waals surface area (Å²) >= 11 is 5.87. The molecule has 2 atom stereocenters. The smallest absolute Gasteiger partial charge is 0.243 e. The standard InChI is InChI=1S/C16H22ClN3O2.ClH/c1-20(16(22)11-4-2-6-13(18)8-11)10-15(21)19-14-7-3-5-12(17)9-14;/h3,5,7,9,11,13H,2,4,6,8,10,18H2,1H3,(H,19,21);1H. The molecule has 128 valence electrons. The maximum Gasteiger partial charge on any atom is 0.243 e. The highest BCUT2D eigenvalue weighted by Gasteiger charge is 2.28. The van der Waals surface area contributed by atoms with Gasteiger partial charge in [0.2, 0.25) is 11.8 Å². The van der Waals surface area contributed by atoms with Gasteiger partial charge in [0, 0.05) is 29.7 Å². The molecule has 7 heteroatoms. The first kappa shape index (κ1) is 19.7. The van der Waals surface area contributed by atoms with Crippen molar-refractivity contribution >= 4 is 41.5 Å². The molecule has 1 aromatic carbocycles. The van der Waals surface area contributed by atoms with E-state index in [1.54, 1.807) is 31.3 Å². The zero-order valence-electron chi connectivity index (χ0n) is 13.1. The number of hydrogen-bond acceptors (Lipinski definition) is 3. The molecule has 0 spiro atoms. The molecule has 5 nitrogen and oxygen atoms in total. The summed E-state index contributed by atoms with van der Waals surface area (Å²) in [5, 5.41) is 3.29. The van der Waals surface area contributed by atoms with Crippen LogP contribution in [0.15, 0.2) is 24.3 Å². The van der Waals surface area contributed by atoms with E-state index in [2.05, 4.69) is 5.32 Å². The topological polar surface area (TPSA) is 75.4 Å². The monoisotopic (exact) mass is 359 g/mol. The average Bonchev–Trinajstić information content (AvgIpc) is 2.46. The Balaban J connectivity index is 0.00000264. The molecule has 0 saturated heterocycles. The number of amides is 2. The van der Waals surface area contributed by atoms with Gasteiger partial charge in [0.15, 0.2) is 0 Å². The fourth-order valence-electron chi connectivity index (χ4n) is 2.82. The number of benzene rings is 1. The van der Waals surface area contributed by atoms with Crippen LogP contribution in [0.3, 0.4) is 0 Å². The molecule has 2 rings (SSSR count). The van der Waals surface area contributed by atoms with E-state index in [0.29, 0.717) is 17.1 Å². The second kappa shape index (κ2) is 9.11. The lowest BCUT2D eigenvalue weighted by Gasteiger charge is -2.29. The van der Waals surface area contributed by atoms with E-state index in [9.17, 15) is 9.59 Å². The van der Waals surface area contributed by atoms with E-state index in [4.69, 9.17) is 17.3 Å². The van der Waals surface area contributed by atoms with Gasteiger partial charge in [0.05, 0.1) is 6.54 Å². The third-order valence-corrected chi connectivity index (χ3v) is 4.16. The van der Waals surface area contributed by atoms with Gasteiger partial charge in [0.25, 0.3) is 0 Å². The normalized spacial score (nSPS) is 20.3. The summed E-state index contributed by atoms with van der Waals surface area (Å²) in [6.07, 6.45) is 3.51. The predicted octanol–water partition coefficient (Wildman–Crippen LogP) is 2.68. The first-order valence-corrected chi connectivity index (χ1v) is 7.89. The van der Waals surface area contributed by atoms with Crippen molar-refractivity contribution in [1.29, 1.82) is 0 Å². The van der Waals surface area contributed by atoms with Gasteiger partial charge in [-0.2, -0.15) is 0 Å². The molecule has 1 aromatic rings. The van der Waals surface area contributed by atoms with Crippen LogP contribution in [0.5, 0.6) is 0 Å². The Hall–Kier alpha value is -1.30. The summed E-state index contributed by atoms with van der Waals surface area (Å²) in [6, 6.07) is 7.01.